The number of nitrogens with one attached hydrogen (secondary N) is 1. The third kappa shape index (κ3) is 5.69. The van der Waals surface area contributed by atoms with E-state index in [4.69, 9.17) is 0 Å². The molecule has 0 bridgehead atoms. The lowest BCUT2D eigenvalue weighted by molar-refractivity contribution is 0.189. The average molecular weight is 239 g/mol. The fraction of sp³-hybridized carbons (Fsp3) is 0.867. The molecule has 2 heteroatoms. The first kappa shape index (κ1) is 14.7. The van der Waals surface area contributed by atoms with Crippen molar-refractivity contribution >= 4 is 0 Å². The standard InChI is InChI=1S/C15H29NO/c1-15(2,3)14(11-12-17)16-13-9-7-5-4-6-8-10-13/h7,9,13-14,16-17H,4-6,8,10-12H2,1-3H3/b9-7+. The Morgan fingerprint density at radius 3 is 2.71 bits per heavy atom. The summed E-state index contributed by atoms with van der Waals surface area (Å²) in [6, 6.07) is 0.882. The molecular weight excluding hydrogens is 210 g/mol. The number of allylic oxidation sites excluding steroid dienone is 1. The Morgan fingerprint density at radius 2 is 2.06 bits per heavy atom. The van der Waals surface area contributed by atoms with Crippen LogP contribution in [0.2, 0.25) is 0 Å². The highest BCUT2D eigenvalue weighted by atomic mass is 16.3. The van der Waals surface area contributed by atoms with Crippen molar-refractivity contribution in [2.75, 3.05) is 6.61 Å². The fourth-order valence-electron chi connectivity index (χ4n) is 2.45. The Hall–Kier alpha value is -0.340. The minimum absolute atomic E-state index is 0.207. The van der Waals surface area contributed by atoms with E-state index in [2.05, 4.69) is 38.2 Å². The van der Waals surface area contributed by atoms with E-state index in [9.17, 15) is 5.11 Å². The van der Waals surface area contributed by atoms with Gasteiger partial charge >= 0.3 is 0 Å². The van der Waals surface area contributed by atoms with Crippen LogP contribution >= 0.6 is 0 Å². The molecule has 0 fully saturated rings. The van der Waals surface area contributed by atoms with Crippen LogP contribution in [0, 0.1) is 5.41 Å². The Kier molecular flexibility index (Phi) is 6.21. The predicted molar refractivity (Wildman–Crippen MR) is 74.1 cm³/mol. The predicted octanol–water partition coefficient (Wildman–Crippen LogP) is 3.26. The summed E-state index contributed by atoms with van der Waals surface area (Å²) in [4.78, 5) is 0. The number of aliphatic hydroxyl groups is 1. The molecule has 1 aliphatic rings. The lowest BCUT2D eigenvalue weighted by Crippen LogP contribution is -2.45. The van der Waals surface area contributed by atoms with Crippen LogP contribution in [0.15, 0.2) is 12.2 Å². The summed E-state index contributed by atoms with van der Waals surface area (Å²) < 4.78 is 0. The summed E-state index contributed by atoms with van der Waals surface area (Å²) in [5.41, 5.74) is 0.207. The molecule has 1 rings (SSSR count). The normalized spacial score (nSPS) is 26.0. The summed E-state index contributed by atoms with van der Waals surface area (Å²) in [7, 11) is 0. The molecule has 2 atom stereocenters. The minimum atomic E-state index is 0.207. The minimum Gasteiger partial charge on any atom is -0.396 e. The van der Waals surface area contributed by atoms with Crippen LogP contribution < -0.4 is 5.32 Å². The van der Waals surface area contributed by atoms with Gasteiger partial charge in [0.15, 0.2) is 0 Å². The van der Waals surface area contributed by atoms with Gasteiger partial charge in [0.05, 0.1) is 0 Å². The average Bonchev–Trinajstić information content (AvgIpc) is 2.19. The number of rotatable bonds is 4. The molecule has 100 valence electrons. The molecule has 0 amide bonds. The summed E-state index contributed by atoms with van der Waals surface area (Å²) in [5.74, 6) is 0. The molecule has 0 aromatic heterocycles. The third-order valence-corrected chi connectivity index (χ3v) is 3.63. The SMILES string of the molecule is CC(C)(C)C(CCO)NC1/C=C/CCCCC1. The molecule has 0 aromatic carbocycles. The van der Waals surface area contributed by atoms with Crippen molar-refractivity contribution in [3.63, 3.8) is 0 Å². The molecule has 0 saturated carbocycles. The van der Waals surface area contributed by atoms with Crippen LogP contribution in [0.4, 0.5) is 0 Å². The van der Waals surface area contributed by atoms with Gasteiger partial charge in [0.1, 0.15) is 0 Å². The highest BCUT2D eigenvalue weighted by molar-refractivity contribution is 4.97. The van der Waals surface area contributed by atoms with Gasteiger partial charge in [-0.15, -0.1) is 0 Å². The van der Waals surface area contributed by atoms with E-state index < -0.39 is 0 Å². The van der Waals surface area contributed by atoms with E-state index in [-0.39, 0.29) is 12.0 Å². The van der Waals surface area contributed by atoms with Crippen LogP contribution in [0.25, 0.3) is 0 Å². The number of hydrogen-bond acceptors (Lipinski definition) is 2. The van der Waals surface area contributed by atoms with Crippen molar-refractivity contribution < 1.29 is 5.11 Å². The second-order valence-electron chi connectivity index (χ2n) is 6.27. The van der Waals surface area contributed by atoms with Crippen molar-refractivity contribution in [1.82, 2.24) is 5.32 Å². The maximum absolute atomic E-state index is 9.17. The number of aliphatic hydroxyl groups excluding tert-OH is 1. The van der Waals surface area contributed by atoms with Gasteiger partial charge in [0.25, 0.3) is 0 Å². The first-order chi connectivity index (χ1) is 8.04. The molecule has 0 radical (unpaired) electrons. The largest absolute Gasteiger partial charge is 0.396 e. The first-order valence-corrected chi connectivity index (χ1v) is 7.07. The Balaban J connectivity index is 2.55. The molecule has 0 aliphatic heterocycles. The highest BCUT2D eigenvalue weighted by Crippen LogP contribution is 2.23. The van der Waals surface area contributed by atoms with E-state index >= 15 is 0 Å². The summed E-state index contributed by atoms with van der Waals surface area (Å²) in [6.07, 6.45) is 11.9. The summed E-state index contributed by atoms with van der Waals surface area (Å²) in [6.45, 7) is 7.00. The molecule has 2 N–H and O–H groups in total. The van der Waals surface area contributed by atoms with Crippen LogP contribution in [0.5, 0.6) is 0 Å². The molecule has 0 saturated heterocycles. The molecule has 17 heavy (non-hydrogen) atoms. The van der Waals surface area contributed by atoms with E-state index in [0.29, 0.717) is 12.1 Å². The van der Waals surface area contributed by atoms with Gasteiger partial charge in [-0.05, 0) is 31.1 Å². The maximum atomic E-state index is 9.17. The van der Waals surface area contributed by atoms with E-state index in [1.807, 2.05) is 0 Å². The second-order valence-corrected chi connectivity index (χ2v) is 6.27. The lowest BCUT2D eigenvalue weighted by Gasteiger charge is -2.34. The maximum Gasteiger partial charge on any atom is 0.0446 e. The third-order valence-electron chi connectivity index (χ3n) is 3.63. The molecule has 0 aromatic rings. The van der Waals surface area contributed by atoms with Crippen LogP contribution in [0.3, 0.4) is 0 Å². The second kappa shape index (κ2) is 7.17. The van der Waals surface area contributed by atoms with Gasteiger partial charge in [-0.3, -0.25) is 0 Å². The van der Waals surface area contributed by atoms with Crippen molar-refractivity contribution in [1.29, 1.82) is 0 Å². The van der Waals surface area contributed by atoms with Gasteiger partial charge in [-0.25, -0.2) is 0 Å². The Labute approximate surface area is 106 Å². The zero-order valence-corrected chi connectivity index (χ0v) is 11.7. The topological polar surface area (TPSA) is 32.3 Å². The molecule has 0 spiro atoms. The van der Waals surface area contributed by atoms with Crippen molar-refractivity contribution in [2.24, 2.45) is 5.41 Å². The van der Waals surface area contributed by atoms with E-state index in [0.717, 1.165) is 6.42 Å². The fourth-order valence-corrected chi connectivity index (χ4v) is 2.45. The molecule has 2 unspecified atom stereocenters. The van der Waals surface area contributed by atoms with E-state index in [1.54, 1.807) is 0 Å². The van der Waals surface area contributed by atoms with Crippen molar-refractivity contribution in [3.8, 4) is 0 Å². The van der Waals surface area contributed by atoms with Gasteiger partial charge in [0.2, 0.25) is 0 Å². The summed E-state index contributed by atoms with van der Waals surface area (Å²) in [5, 5.41) is 12.9. The van der Waals surface area contributed by atoms with E-state index in [1.165, 1.54) is 32.1 Å². The summed E-state index contributed by atoms with van der Waals surface area (Å²) >= 11 is 0. The zero-order valence-electron chi connectivity index (χ0n) is 11.7. The van der Waals surface area contributed by atoms with Crippen molar-refractivity contribution in [3.05, 3.63) is 12.2 Å². The van der Waals surface area contributed by atoms with Gasteiger partial charge in [0, 0.05) is 18.7 Å². The van der Waals surface area contributed by atoms with Gasteiger partial charge in [-0.2, -0.15) is 0 Å². The Bertz CT molecular complexity index is 230. The number of hydrogen-bond donors (Lipinski definition) is 2. The van der Waals surface area contributed by atoms with Gasteiger partial charge in [-0.1, -0.05) is 45.8 Å². The molecule has 2 nitrogen and oxygen atoms in total. The molecular formula is C15H29NO. The lowest BCUT2D eigenvalue weighted by atomic mass is 9.84. The zero-order chi connectivity index (χ0) is 12.7. The quantitative estimate of drug-likeness (QED) is 0.738. The Morgan fingerprint density at radius 1 is 1.29 bits per heavy atom. The monoisotopic (exact) mass is 239 g/mol. The molecule has 0 heterocycles. The van der Waals surface area contributed by atoms with Crippen LogP contribution in [-0.4, -0.2) is 23.8 Å². The highest BCUT2D eigenvalue weighted by Gasteiger charge is 2.25. The van der Waals surface area contributed by atoms with Crippen LogP contribution in [0.1, 0.15) is 59.3 Å². The van der Waals surface area contributed by atoms with Gasteiger partial charge < -0.3 is 10.4 Å². The van der Waals surface area contributed by atoms with Crippen LogP contribution in [-0.2, 0) is 0 Å². The molecule has 1 aliphatic carbocycles. The smallest absolute Gasteiger partial charge is 0.0446 e. The van der Waals surface area contributed by atoms with Crippen molar-refractivity contribution in [2.45, 2.75) is 71.4 Å². The first-order valence-electron chi connectivity index (χ1n) is 7.07.